The van der Waals surface area contributed by atoms with E-state index in [1.807, 2.05) is 57.2 Å². The van der Waals surface area contributed by atoms with Gasteiger partial charge in [0.2, 0.25) is 0 Å². The maximum Gasteiger partial charge on any atom is 0.407 e. The molecule has 1 amide bonds. The quantitative estimate of drug-likeness (QED) is 0.171. The molecule has 3 aromatic carbocycles. The second-order valence-electron chi connectivity index (χ2n) is 15.0. The predicted molar refractivity (Wildman–Crippen MR) is 192 cm³/mol. The molecule has 250 valence electrons. The summed E-state index contributed by atoms with van der Waals surface area (Å²) in [5.74, 6) is 0.946. The van der Waals surface area contributed by atoms with E-state index < -0.39 is 25.6 Å². The van der Waals surface area contributed by atoms with Gasteiger partial charge < -0.3 is 24.2 Å². The van der Waals surface area contributed by atoms with Crippen molar-refractivity contribution in [3.63, 3.8) is 0 Å². The van der Waals surface area contributed by atoms with Crippen molar-refractivity contribution in [2.24, 2.45) is 0 Å². The van der Waals surface area contributed by atoms with E-state index in [2.05, 4.69) is 92.3 Å². The van der Waals surface area contributed by atoms with E-state index in [-0.39, 0.29) is 11.1 Å². The molecule has 0 aliphatic carbocycles. The number of ether oxygens (including phenoxy) is 2. The Morgan fingerprint density at radius 3 is 2.13 bits per heavy atom. The highest BCUT2D eigenvalue weighted by Gasteiger charge is 2.49. The molecule has 1 aliphatic rings. The van der Waals surface area contributed by atoms with Gasteiger partial charge in [0.15, 0.2) is 0 Å². The van der Waals surface area contributed by atoms with Crippen molar-refractivity contribution in [1.82, 2.24) is 14.9 Å². The Kier molecular flexibility index (Phi) is 10.2. The van der Waals surface area contributed by atoms with Gasteiger partial charge >= 0.3 is 6.09 Å². The topological polar surface area (TPSA) is 85.6 Å². The molecule has 2 N–H and O–H groups in total. The minimum atomic E-state index is -3.12. The number of imidazole rings is 1. The van der Waals surface area contributed by atoms with Crippen LogP contribution in [0, 0.1) is 0 Å². The Bertz CT molecular complexity index is 1590. The number of carbonyl (C=O) groups excluding carboxylic acids is 1. The summed E-state index contributed by atoms with van der Waals surface area (Å²) >= 11 is 0. The van der Waals surface area contributed by atoms with Crippen molar-refractivity contribution in [1.29, 1.82) is 0 Å². The summed E-state index contributed by atoms with van der Waals surface area (Å²) < 4.78 is 13.8. The summed E-state index contributed by atoms with van der Waals surface area (Å²) in [5, 5.41) is 4.81. The van der Waals surface area contributed by atoms with Gasteiger partial charge in [-0.25, -0.2) is 9.78 Å². The van der Waals surface area contributed by atoms with Crippen LogP contribution in [0.25, 0.3) is 11.3 Å². The number of amides is 1. The van der Waals surface area contributed by atoms with Crippen LogP contribution in [0.1, 0.15) is 79.1 Å². The minimum Gasteiger partial charge on any atom is -0.444 e. The van der Waals surface area contributed by atoms with Crippen LogP contribution in [0.4, 0.5) is 4.79 Å². The number of benzene rings is 3. The van der Waals surface area contributed by atoms with Crippen LogP contribution in [0.3, 0.4) is 0 Å². The number of fused-ring (bicyclic) bond motifs is 1. The first-order chi connectivity index (χ1) is 22.2. The molecule has 5 rings (SSSR count). The monoisotopic (exact) mass is 653 g/mol. The molecule has 0 bridgehead atoms. The van der Waals surface area contributed by atoms with Crippen LogP contribution < -0.4 is 15.7 Å². The number of carbonyl (C=O) groups is 1. The summed E-state index contributed by atoms with van der Waals surface area (Å²) in [4.78, 5) is 30.5. The van der Waals surface area contributed by atoms with Gasteiger partial charge in [-0.2, -0.15) is 0 Å². The summed E-state index contributed by atoms with van der Waals surface area (Å²) in [6, 6.07) is 28.6. The Morgan fingerprint density at radius 2 is 1.57 bits per heavy atom. The molecule has 0 spiro atoms. The van der Waals surface area contributed by atoms with Gasteiger partial charge in [0.25, 0.3) is 8.32 Å². The Morgan fingerprint density at radius 1 is 0.979 bits per heavy atom. The van der Waals surface area contributed by atoms with E-state index >= 15 is 0 Å². The molecule has 2 heterocycles. The molecule has 1 unspecified atom stereocenters. The lowest BCUT2D eigenvalue weighted by Crippen LogP contribution is -2.65. The number of hydrogen-bond acceptors (Lipinski definition) is 5. The van der Waals surface area contributed by atoms with E-state index in [4.69, 9.17) is 14.5 Å². The largest absolute Gasteiger partial charge is 0.444 e. The number of nitrogens with zero attached hydrogens (tertiary/aromatic N) is 2. The third-order valence-electron chi connectivity index (χ3n) is 9.28. The zero-order valence-electron chi connectivity index (χ0n) is 29.0. The molecule has 4 aromatic rings. The molecule has 8 heteroatoms. The smallest absolute Gasteiger partial charge is 0.407 e. The van der Waals surface area contributed by atoms with Crippen LogP contribution in [0.5, 0.6) is 0 Å². The second kappa shape index (κ2) is 13.8. The van der Waals surface area contributed by atoms with E-state index in [0.717, 1.165) is 58.8 Å². The molecular weight excluding hydrogens is 603 g/mol. The van der Waals surface area contributed by atoms with Crippen LogP contribution in [0.2, 0.25) is 5.04 Å². The Balaban J connectivity index is 1.32. The van der Waals surface area contributed by atoms with Crippen molar-refractivity contribution in [3.8, 4) is 11.3 Å². The summed E-state index contributed by atoms with van der Waals surface area (Å²) in [6.07, 6.45) is 4.75. The number of aromatic nitrogens is 2. The summed E-state index contributed by atoms with van der Waals surface area (Å²) in [6.45, 7) is 15.6. The average molecular weight is 654 g/mol. The molecule has 7 nitrogen and oxygen atoms in total. The number of hydrogen-bond donors (Lipinski definition) is 2. The maximum atomic E-state index is 12.9. The lowest BCUT2D eigenvalue weighted by atomic mass is 9.97. The summed E-state index contributed by atoms with van der Waals surface area (Å²) in [7, 11) is -3.12. The molecular formula is C39H51N3O4Si. The molecule has 1 aliphatic heterocycles. The van der Waals surface area contributed by atoms with Gasteiger partial charge in [-0.3, -0.25) is 0 Å². The van der Waals surface area contributed by atoms with Crippen molar-refractivity contribution in [2.75, 3.05) is 6.61 Å². The van der Waals surface area contributed by atoms with Gasteiger partial charge in [-0.15, -0.1) is 0 Å². The van der Waals surface area contributed by atoms with Gasteiger partial charge in [0, 0.05) is 24.3 Å². The normalized spacial score (nSPS) is 15.5. The highest BCUT2D eigenvalue weighted by Crippen LogP contribution is 2.40. The first kappa shape index (κ1) is 34.6. The fraction of sp³-hybridized carbons (Fsp3) is 0.436. The van der Waals surface area contributed by atoms with E-state index in [9.17, 15) is 9.59 Å². The van der Waals surface area contributed by atoms with Crippen LogP contribution in [-0.4, -0.2) is 47.0 Å². The SMILES string of the molecule is CC(C)(C)OC(=O)NC(CCCC(C)(C)[Si](O)(c1ccccc1)c1ccccc1)Cc1ccc(-c2cn3c(n2)C(C)(C)OCC3)cc1. The molecule has 47 heavy (non-hydrogen) atoms. The summed E-state index contributed by atoms with van der Waals surface area (Å²) in [5.41, 5.74) is 2.11. The first-order valence-electron chi connectivity index (χ1n) is 16.8. The predicted octanol–water partition coefficient (Wildman–Crippen LogP) is 6.95. The van der Waals surface area contributed by atoms with Crippen molar-refractivity contribution in [2.45, 2.75) is 103 Å². The number of rotatable bonds is 11. The molecule has 1 aromatic heterocycles. The van der Waals surface area contributed by atoms with Crippen LogP contribution in [-0.2, 0) is 28.0 Å². The van der Waals surface area contributed by atoms with Gasteiger partial charge in [-0.1, -0.05) is 105 Å². The number of alkyl carbamates (subject to hydrolysis) is 1. The molecule has 1 atom stereocenters. The zero-order chi connectivity index (χ0) is 33.9. The first-order valence-corrected chi connectivity index (χ1v) is 18.8. The Labute approximate surface area is 281 Å². The molecule has 0 radical (unpaired) electrons. The third kappa shape index (κ3) is 8.05. The van der Waals surface area contributed by atoms with Crippen LogP contribution >= 0.6 is 0 Å². The lowest BCUT2D eigenvalue weighted by molar-refractivity contribution is -0.0539. The highest BCUT2D eigenvalue weighted by molar-refractivity contribution is 6.98. The van der Waals surface area contributed by atoms with Gasteiger partial charge in [-0.05, 0) is 74.9 Å². The fourth-order valence-electron chi connectivity index (χ4n) is 6.74. The zero-order valence-corrected chi connectivity index (χ0v) is 30.0. The van der Waals surface area contributed by atoms with Crippen molar-refractivity contribution < 1.29 is 19.1 Å². The van der Waals surface area contributed by atoms with E-state index in [0.29, 0.717) is 13.0 Å². The van der Waals surface area contributed by atoms with E-state index in [1.54, 1.807) is 0 Å². The van der Waals surface area contributed by atoms with Crippen molar-refractivity contribution >= 4 is 24.8 Å². The second-order valence-corrected chi connectivity index (χ2v) is 18.9. The third-order valence-corrected chi connectivity index (χ3v) is 13.8. The van der Waals surface area contributed by atoms with E-state index in [1.165, 1.54) is 0 Å². The average Bonchev–Trinajstić information content (AvgIpc) is 3.47. The van der Waals surface area contributed by atoms with Crippen molar-refractivity contribution in [3.05, 3.63) is 103 Å². The Hall–Kier alpha value is -3.72. The standard InChI is InChI=1S/C39H51N3O4Si/c1-37(2,3)46-36(43)40-31(27-29-20-22-30(23-21-29)34-28-42-25-26-45-39(6,7)35(42)41-34)15-14-24-38(4,5)47(44,32-16-10-8-11-17-32)33-18-12-9-13-19-33/h8-13,16-23,28,31,44H,14-15,24-27H2,1-7H3,(H,40,43). The minimum absolute atomic E-state index is 0.132. The fourth-order valence-corrected chi connectivity index (χ4v) is 10.5. The molecule has 0 fully saturated rings. The highest BCUT2D eigenvalue weighted by atomic mass is 28.4. The lowest BCUT2D eigenvalue weighted by Gasteiger charge is -2.41. The molecule has 0 saturated heterocycles. The number of nitrogens with one attached hydrogen (secondary N) is 1. The van der Waals surface area contributed by atoms with Crippen LogP contribution in [0.15, 0.2) is 91.1 Å². The molecule has 0 saturated carbocycles. The van der Waals surface area contributed by atoms with Gasteiger partial charge in [0.05, 0.1) is 12.3 Å². The van der Waals surface area contributed by atoms with Gasteiger partial charge in [0.1, 0.15) is 17.0 Å². The maximum absolute atomic E-state index is 12.9.